The van der Waals surface area contributed by atoms with Crippen LogP contribution in [0.25, 0.3) is 0 Å². The van der Waals surface area contributed by atoms with Crippen molar-refractivity contribution >= 4 is 45.2 Å². The van der Waals surface area contributed by atoms with Gasteiger partial charge in [0.25, 0.3) is 5.91 Å². The van der Waals surface area contributed by atoms with Crippen LogP contribution in [0.3, 0.4) is 0 Å². The first kappa shape index (κ1) is 22.9. The van der Waals surface area contributed by atoms with Gasteiger partial charge in [0, 0.05) is 6.92 Å². The number of hydrogen-bond acceptors (Lipinski definition) is 10. The van der Waals surface area contributed by atoms with Crippen molar-refractivity contribution in [2.45, 2.75) is 17.7 Å². The van der Waals surface area contributed by atoms with Crippen LogP contribution in [0, 0.1) is 0 Å². The molecule has 0 spiro atoms. The highest BCUT2D eigenvalue weighted by Crippen LogP contribution is 2.23. The summed E-state index contributed by atoms with van der Waals surface area (Å²) in [5, 5.41) is 2.54. The minimum atomic E-state index is -2.80. The smallest absolute Gasteiger partial charge is 0.429 e. The van der Waals surface area contributed by atoms with Crippen LogP contribution in [0.1, 0.15) is 22.8 Å². The van der Waals surface area contributed by atoms with Crippen molar-refractivity contribution in [3.05, 3.63) is 65.9 Å². The average Bonchev–Trinajstić information content (AvgIpc) is 3.22. The number of thiazole rings is 1. The van der Waals surface area contributed by atoms with Crippen molar-refractivity contribution < 1.29 is 37.0 Å². The third-order valence-electron chi connectivity index (χ3n) is 3.76. The molecule has 0 atom stereocenters. The molecule has 0 saturated heterocycles. The van der Waals surface area contributed by atoms with Crippen LogP contribution < -0.4 is 14.8 Å². The molecule has 3 aromatic rings. The molecular formula is C20H16N2O8S2. The lowest BCUT2D eigenvalue weighted by Crippen LogP contribution is -2.16. The second kappa shape index (κ2) is 10.5. The van der Waals surface area contributed by atoms with E-state index in [1.54, 1.807) is 36.4 Å². The number of anilines is 1. The van der Waals surface area contributed by atoms with Gasteiger partial charge in [-0.05, 0) is 29.8 Å². The minimum absolute atomic E-state index is 0.00398. The van der Waals surface area contributed by atoms with Crippen molar-refractivity contribution in [3.8, 4) is 11.5 Å². The summed E-state index contributed by atoms with van der Waals surface area (Å²) < 4.78 is 37.1. The number of amides is 1. The summed E-state index contributed by atoms with van der Waals surface area (Å²) in [6, 6.07) is 12.3. The number of ether oxygens (including phenoxy) is 3. The molecule has 0 radical (unpaired) electrons. The Morgan fingerprint density at radius 2 is 1.75 bits per heavy atom. The normalized spacial score (nSPS) is 10.4. The van der Waals surface area contributed by atoms with Crippen LogP contribution in [0.4, 0.5) is 9.93 Å². The van der Waals surface area contributed by atoms with Crippen LogP contribution in [0.5, 0.6) is 11.5 Å². The zero-order valence-electron chi connectivity index (χ0n) is 16.5. The van der Waals surface area contributed by atoms with Gasteiger partial charge in [0.1, 0.15) is 22.3 Å². The molecule has 1 aromatic heterocycles. The van der Waals surface area contributed by atoms with Crippen LogP contribution in [-0.2, 0) is 26.8 Å². The molecule has 1 heterocycles. The molecule has 166 valence electrons. The van der Waals surface area contributed by atoms with Crippen LogP contribution >= 0.6 is 11.3 Å². The Morgan fingerprint density at radius 1 is 1.03 bits per heavy atom. The van der Waals surface area contributed by atoms with Crippen molar-refractivity contribution in [2.24, 2.45) is 0 Å². The third-order valence-corrected chi connectivity index (χ3v) is 5.67. The van der Waals surface area contributed by atoms with Crippen molar-refractivity contribution in [3.63, 3.8) is 0 Å². The van der Waals surface area contributed by atoms with Crippen LogP contribution in [0.2, 0.25) is 0 Å². The van der Waals surface area contributed by atoms with Crippen LogP contribution in [0.15, 0.2) is 58.9 Å². The number of carbonyl (C=O) groups excluding carboxylic acids is 3. The lowest BCUT2D eigenvalue weighted by Gasteiger charge is -2.10. The average molecular weight is 476 g/mol. The van der Waals surface area contributed by atoms with E-state index >= 15 is 0 Å². The fraction of sp³-hybridized carbons (Fsp3) is 0.100. The van der Waals surface area contributed by atoms with E-state index in [2.05, 4.69) is 10.3 Å². The Hall–Kier alpha value is -3.77. The van der Waals surface area contributed by atoms with Gasteiger partial charge in [0.05, 0.1) is 11.8 Å². The maximum Gasteiger partial charge on any atom is 0.514 e. The monoisotopic (exact) mass is 476 g/mol. The maximum absolute atomic E-state index is 12.5. The molecule has 0 fully saturated rings. The van der Waals surface area contributed by atoms with Gasteiger partial charge in [-0.3, -0.25) is 14.9 Å². The number of hydrogen-bond donors (Lipinski definition) is 2. The summed E-state index contributed by atoms with van der Waals surface area (Å²) in [4.78, 5) is 39.4. The molecule has 2 aromatic carbocycles. The predicted molar refractivity (Wildman–Crippen MR) is 114 cm³/mol. The molecule has 12 heteroatoms. The summed E-state index contributed by atoms with van der Waals surface area (Å²) in [7, 11) is -2.80. The standard InChI is InChI=1S/C20H16N2O8S2/c1-12(23)29-14-8-6-13(7-9-14)11-28-20(25)30-16-5-3-2-4-15(16)18(24)22-19-21-10-17(31-19)32(26)27/h2-10,32H,11H2,1H3,(H,21,22,24). The second-order valence-corrected chi connectivity index (χ2v) is 8.42. The van der Waals surface area contributed by atoms with Gasteiger partial charge in [-0.1, -0.05) is 35.6 Å². The molecule has 0 aliphatic carbocycles. The molecule has 3 rings (SSSR count). The number of thiol groups is 1. The zero-order valence-corrected chi connectivity index (χ0v) is 18.2. The Morgan fingerprint density at radius 3 is 2.41 bits per heavy atom. The van der Waals surface area contributed by atoms with Crippen molar-refractivity contribution in [2.75, 3.05) is 5.32 Å². The molecule has 0 bridgehead atoms. The number of carbonyl (C=O) groups is 3. The third kappa shape index (κ3) is 6.36. The van der Waals surface area contributed by atoms with Gasteiger partial charge in [0.15, 0.2) is 15.8 Å². The maximum atomic E-state index is 12.5. The number of para-hydroxylation sites is 1. The van der Waals surface area contributed by atoms with Crippen molar-refractivity contribution in [1.29, 1.82) is 0 Å². The predicted octanol–water partition coefficient (Wildman–Crippen LogP) is 3.01. The number of nitrogens with one attached hydrogen (secondary N) is 1. The largest absolute Gasteiger partial charge is 0.514 e. The zero-order chi connectivity index (χ0) is 23.1. The first-order valence-corrected chi connectivity index (χ1v) is 10.9. The van der Waals surface area contributed by atoms with Gasteiger partial charge in [-0.2, -0.15) is 0 Å². The molecule has 0 aliphatic heterocycles. The summed E-state index contributed by atoms with van der Waals surface area (Å²) in [6.07, 6.45) is 0.0963. The highest BCUT2D eigenvalue weighted by molar-refractivity contribution is 7.75. The Bertz CT molecular complexity index is 1210. The number of aromatic nitrogens is 1. The highest BCUT2D eigenvalue weighted by atomic mass is 32.2. The lowest BCUT2D eigenvalue weighted by molar-refractivity contribution is -0.131. The molecule has 0 unspecified atom stereocenters. The molecule has 32 heavy (non-hydrogen) atoms. The molecule has 0 aliphatic rings. The van der Waals surface area contributed by atoms with E-state index in [-0.39, 0.29) is 27.3 Å². The van der Waals surface area contributed by atoms with E-state index < -0.39 is 28.7 Å². The van der Waals surface area contributed by atoms with Crippen LogP contribution in [-0.4, -0.2) is 31.4 Å². The molecule has 0 saturated carbocycles. The fourth-order valence-electron chi connectivity index (χ4n) is 2.40. The molecule has 1 amide bonds. The summed E-state index contributed by atoms with van der Waals surface area (Å²) in [5.41, 5.74) is 0.651. The SMILES string of the molecule is CC(=O)Oc1ccc(COC(=O)Oc2ccccc2C(=O)Nc2ncc([SH](=O)=O)s2)cc1. The number of nitrogens with zero attached hydrogens (tertiary/aromatic N) is 1. The van der Waals surface area contributed by atoms with E-state index in [9.17, 15) is 22.8 Å². The van der Waals surface area contributed by atoms with Gasteiger partial charge in [0.2, 0.25) is 0 Å². The number of benzene rings is 2. The van der Waals surface area contributed by atoms with E-state index in [1.807, 2.05) is 0 Å². The second-order valence-electron chi connectivity index (χ2n) is 6.09. The quantitative estimate of drug-likeness (QED) is 0.228. The first-order chi connectivity index (χ1) is 15.3. The Kier molecular flexibility index (Phi) is 7.52. The summed E-state index contributed by atoms with van der Waals surface area (Å²) in [6.45, 7) is 1.18. The summed E-state index contributed by atoms with van der Waals surface area (Å²) >= 11 is 0.794. The molecule has 10 nitrogen and oxygen atoms in total. The summed E-state index contributed by atoms with van der Waals surface area (Å²) in [5.74, 6) is -0.780. The minimum Gasteiger partial charge on any atom is -0.429 e. The van der Waals surface area contributed by atoms with Gasteiger partial charge < -0.3 is 14.2 Å². The highest BCUT2D eigenvalue weighted by Gasteiger charge is 2.17. The molecule has 1 N–H and O–H groups in total. The number of esters is 1. The van der Waals surface area contributed by atoms with E-state index in [4.69, 9.17) is 14.2 Å². The van der Waals surface area contributed by atoms with E-state index in [0.29, 0.717) is 11.3 Å². The van der Waals surface area contributed by atoms with Crippen molar-refractivity contribution in [1.82, 2.24) is 4.98 Å². The van der Waals surface area contributed by atoms with E-state index in [1.165, 1.54) is 19.1 Å². The van der Waals surface area contributed by atoms with E-state index in [0.717, 1.165) is 17.5 Å². The molecular weight excluding hydrogens is 460 g/mol. The fourth-order valence-corrected chi connectivity index (χ4v) is 3.66. The lowest BCUT2D eigenvalue weighted by atomic mass is 10.2. The topological polar surface area (TPSA) is 138 Å². The van der Waals surface area contributed by atoms with Gasteiger partial charge in [-0.15, -0.1) is 0 Å². The van der Waals surface area contributed by atoms with Gasteiger partial charge >= 0.3 is 12.1 Å². The first-order valence-electron chi connectivity index (χ1n) is 8.94. The Labute approximate surface area is 187 Å². The Balaban J connectivity index is 1.60. The van der Waals surface area contributed by atoms with Gasteiger partial charge in [-0.25, -0.2) is 18.2 Å². The number of rotatable bonds is 7.